The fourth-order valence-corrected chi connectivity index (χ4v) is 4.06. The van der Waals surface area contributed by atoms with E-state index in [-0.39, 0.29) is 17.8 Å². The number of amides is 1. The minimum absolute atomic E-state index is 0.131. The fourth-order valence-electron chi connectivity index (χ4n) is 2.92. The second-order valence-electron chi connectivity index (χ2n) is 7.39. The van der Waals surface area contributed by atoms with Crippen molar-refractivity contribution in [3.05, 3.63) is 71.0 Å². The van der Waals surface area contributed by atoms with Gasteiger partial charge in [0.1, 0.15) is 10.6 Å². The Balaban J connectivity index is 1.82. The number of halogens is 1. The van der Waals surface area contributed by atoms with Crippen LogP contribution in [0.15, 0.2) is 53.5 Å². The maximum atomic E-state index is 13.1. The lowest BCUT2D eigenvalue weighted by atomic mass is 9.93. The topological polar surface area (TPSA) is 61.7 Å². The second kappa shape index (κ2) is 7.09. The summed E-state index contributed by atoms with van der Waals surface area (Å²) in [4.78, 5) is 17.2. The molecule has 1 amide bonds. The molecule has 1 saturated heterocycles. The number of thioether (sulfide) groups is 1. The minimum atomic E-state index is -0.929. The first kappa shape index (κ1) is 19.6. The van der Waals surface area contributed by atoms with Crippen molar-refractivity contribution in [2.75, 3.05) is 0 Å². The molecular formula is C21H23FN2O2S. The predicted molar refractivity (Wildman–Crippen MR) is 107 cm³/mol. The Morgan fingerprint density at radius 2 is 1.74 bits per heavy atom. The first-order valence-corrected chi connectivity index (χ1v) is 9.58. The van der Waals surface area contributed by atoms with Crippen molar-refractivity contribution in [3.63, 3.8) is 0 Å². The van der Waals surface area contributed by atoms with Crippen molar-refractivity contribution in [2.45, 2.75) is 44.1 Å². The van der Waals surface area contributed by atoms with Crippen LogP contribution in [0.25, 0.3) is 0 Å². The third kappa shape index (κ3) is 4.06. The number of nitrogens with one attached hydrogen (secondary N) is 1. The smallest absolute Gasteiger partial charge is 0.246 e. The van der Waals surface area contributed by atoms with Gasteiger partial charge in [-0.3, -0.25) is 9.79 Å². The number of hydrogen-bond acceptors (Lipinski definition) is 4. The Morgan fingerprint density at radius 1 is 1.15 bits per heavy atom. The number of aliphatic hydroxyl groups is 1. The van der Waals surface area contributed by atoms with Gasteiger partial charge < -0.3 is 10.4 Å². The van der Waals surface area contributed by atoms with E-state index in [9.17, 15) is 14.3 Å². The summed E-state index contributed by atoms with van der Waals surface area (Å²) in [6, 6.07) is 13.4. The molecule has 4 nitrogen and oxygen atoms in total. The summed E-state index contributed by atoms with van der Waals surface area (Å²) in [5.74, 6) is -0.419. The fraction of sp³-hybridized carbons (Fsp3) is 0.333. The summed E-state index contributed by atoms with van der Waals surface area (Å²) in [5.41, 5.74) is 1.58. The summed E-state index contributed by atoms with van der Waals surface area (Å²) in [6.07, 6.45) is 0. The van der Waals surface area contributed by atoms with Crippen LogP contribution in [0.2, 0.25) is 0 Å². The van der Waals surface area contributed by atoms with Crippen LogP contribution in [0.4, 0.5) is 4.39 Å². The molecule has 2 aromatic carbocycles. The van der Waals surface area contributed by atoms with Crippen molar-refractivity contribution in [1.82, 2.24) is 5.32 Å². The van der Waals surface area contributed by atoms with Gasteiger partial charge in [-0.05, 0) is 56.5 Å². The van der Waals surface area contributed by atoms with E-state index < -0.39 is 10.3 Å². The SMILES string of the molecule is C[C@H](N=C1NC(=O)C(C)(c2ccc(C(C)(C)O)cc2)S1)c1ccc(F)cc1. The number of rotatable bonds is 4. The number of carbonyl (C=O) groups is 1. The number of aliphatic imine (C=N–C) groups is 1. The van der Waals surface area contributed by atoms with Gasteiger partial charge in [0.25, 0.3) is 0 Å². The lowest BCUT2D eigenvalue weighted by molar-refractivity contribution is -0.121. The largest absolute Gasteiger partial charge is 0.386 e. The lowest BCUT2D eigenvalue weighted by Crippen LogP contribution is -2.32. The van der Waals surface area contributed by atoms with Gasteiger partial charge in [-0.1, -0.05) is 48.2 Å². The van der Waals surface area contributed by atoms with Gasteiger partial charge in [0.05, 0.1) is 11.6 Å². The molecule has 1 unspecified atom stereocenters. The average molecular weight is 386 g/mol. The molecule has 1 aliphatic heterocycles. The van der Waals surface area contributed by atoms with E-state index >= 15 is 0 Å². The highest BCUT2D eigenvalue weighted by Gasteiger charge is 2.44. The zero-order valence-electron chi connectivity index (χ0n) is 15.8. The van der Waals surface area contributed by atoms with Crippen LogP contribution in [0.3, 0.4) is 0 Å². The zero-order valence-corrected chi connectivity index (χ0v) is 16.6. The van der Waals surface area contributed by atoms with Crippen molar-refractivity contribution in [3.8, 4) is 0 Å². The highest BCUT2D eigenvalue weighted by molar-refractivity contribution is 8.15. The molecule has 1 heterocycles. The molecule has 0 spiro atoms. The van der Waals surface area contributed by atoms with E-state index in [1.54, 1.807) is 26.0 Å². The first-order chi connectivity index (χ1) is 12.6. The summed E-state index contributed by atoms with van der Waals surface area (Å²) >= 11 is 1.37. The quantitative estimate of drug-likeness (QED) is 0.826. The highest BCUT2D eigenvalue weighted by atomic mass is 32.2. The average Bonchev–Trinajstić information content (AvgIpc) is 2.89. The van der Waals surface area contributed by atoms with Gasteiger partial charge in [-0.2, -0.15) is 0 Å². The van der Waals surface area contributed by atoms with Crippen molar-refractivity contribution in [1.29, 1.82) is 0 Å². The summed E-state index contributed by atoms with van der Waals surface area (Å²) in [6.45, 7) is 7.21. The van der Waals surface area contributed by atoms with Crippen LogP contribution in [0.5, 0.6) is 0 Å². The van der Waals surface area contributed by atoms with Crippen LogP contribution >= 0.6 is 11.8 Å². The van der Waals surface area contributed by atoms with E-state index in [1.165, 1.54) is 23.9 Å². The monoisotopic (exact) mass is 386 g/mol. The van der Waals surface area contributed by atoms with E-state index in [1.807, 2.05) is 38.1 Å². The molecule has 0 saturated carbocycles. The van der Waals surface area contributed by atoms with Gasteiger partial charge in [0, 0.05) is 0 Å². The van der Waals surface area contributed by atoms with Gasteiger partial charge in [-0.15, -0.1) is 0 Å². The first-order valence-electron chi connectivity index (χ1n) is 8.77. The highest BCUT2D eigenvalue weighted by Crippen LogP contribution is 2.42. The number of nitrogens with zero attached hydrogens (tertiary/aromatic N) is 1. The Bertz CT molecular complexity index is 873. The Kier molecular flexibility index (Phi) is 5.14. The lowest BCUT2D eigenvalue weighted by Gasteiger charge is -2.22. The van der Waals surface area contributed by atoms with E-state index in [0.717, 1.165) is 16.7 Å². The van der Waals surface area contributed by atoms with Crippen molar-refractivity contribution >= 4 is 22.8 Å². The van der Waals surface area contributed by atoms with E-state index in [4.69, 9.17) is 0 Å². The summed E-state index contributed by atoms with van der Waals surface area (Å²) in [5, 5.41) is 13.5. The molecule has 3 rings (SSSR count). The molecule has 2 atom stereocenters. The normalized spacial score (nSPS) is 22.7. The predicted octanol–water partition coefficient (Wildman–Crippen LogP) is 4.25. The van der Waals surface area contributed by atoms with Crippen LogP contribution < -0.4 is 5.32 Å². The third-order valence-electron chi connectivity index (χ3n) is 4.76. The molecule has 1 aliphatic rings. The van der Waals surface area contributed by atoms with Crippen LogP contribution in [-0.2, 0) is 15.1 Å². The summed E-state index contributed by atoms with van der Waals surface area (Å²) in [7, 11) is 0. The molecule has 142 valence electrons. The number of benzene rings is 2. The van der Waals surface area contributed by atoms with Gasteiger partial charge >= 0.3 is 0 Å². The van der Waals surface area contributed by atoms with E-state index in [0.29, 0.717) is 5.17 Å². The Labute approximate surface area is 162 Å². The molecule has 2 aromatic rings. The van der Waals surface area contributed by atoms with Crippen LogP contribution in [-0.4, -0.2) is 16.2 Å². The third-order valence-corrected chi connectivity index (χ3v) is 5.99. The maximum Gasteiger partial charge on any atom is 0.246 e. The molecule has 0 bridgehead atoms. The second-order valence-corrected chi connectivity index (χ2v) is 8.79. The molecule has 6 heteroatoms. The van der Waals surface area contributed by atoms with Crippen molar-refractivity contribution in [2.24, 2.45) is 4.99 Å². The van der Waals surface area contributed by atoms with Gasteiger partial charge in [0.2, 0.25) is 5.91 Å². The summed E-state index contributed by atoms with van der Waals surface area (Å²) < 4.78 is 12.3. The maximum absolute atomic E-state index is 13.1. The number of hydrogen-bond donors (Lipinski definition) is 2. The number of amidine groups is 1. The molecular weight excluding hydrogens is 363 g/mol. The van der Waals surface area contributed by atoms with Crippen LogP contribution in [0, 0.1) is 5.82 Å². The van der Waals surface area contributed by atoms with E-state index in [2.05, 4.69) is 10.3 Å². The Hall–Kier alpha value is -2.18. The molecule has 0 radical (unpaired) electrons. The van der Waals surface area contributed by atoms with Gasteiger partial charge in [0.15, 0.2) is 5.17 Å². The zero-order chi connectivity index (χ0) is 19.8. The van der Waals surface area contributed by atoms with Crippen molar-refractivity contribution < 1.29 is 14.3 Å². The van der Waals surface area contributed by atoms with Gasteiger partial charge in [-0.25, -0.2) is 4.39 Å². The number of carbonyl (C=O) groups excluding carboxylic acids is 1. The standard InChI is InChI=1S/C21H23FN2O2S/c1-13(14-5-11-17(22)12-6-14)23-19-24-18(25)21(4,27-19)16-9-7-15(8-10-16)20(2,3)26/h5-13,26H,1-4H3,(H,23,24,25)/t13-,21?/m0/s1. The molecule has 2 N–H and O–H groups in total. The molecule has 1 fully saturated rings. The van der Waals surface area contributed by atoms with Crippen LogP contribution in [0.1, 0.15) is 50.4 Å². The molecule has 27 heavy (non-hydrogen) atoms. The minimum Gasteiger partial charge on any atom is -0.386 e. The Morgan fingerprint density at radius 3 is 2.30 bits per heavy atom. The molecule has 0 aliphatic carbocycles. The molecule has 0 aromatic heterocycles.